The first-order valence-electron chi connectivity index (χ1n) is 9.34. The molecule has 0 bridgehead atoms. The van der Waals surface area contributed by atoms with Crippen molar-refractivity contribution in [3.8, 4) is 5.75 Å². The van der Waals surface area contributed by atoms with Crippen LogP contribution in [-0.2, 0) is 9.53 Å². The van der Waals surface area contributed by atoms with Gasteiger partial charge in [-0.15, -0.1) is 0 Å². The van der Waals surface area contributed by atoms with Crippen molar-refractivity contribution in [3.63, 3.8) is 0 Å². The number of benzene rings is 1. The van der Waals surface area contributed by atoms with Crippen LogP contribution in [0.15, 0.2) is 24.3 Å². The number of methoxy groups -OCH3 is 1. The maximum atomic E-state index is 12.6. The Morgan fingerprint density at radius 3 is 2.46 bits per heavy atom. The summed E-state index contributed by atoms with van der Waals surface area (Å²) in [6.45, 7) is 6.77. The van der Waals surface area contributed by atoms with Crippen LogP contribution >= 0.6 is 0 Å². The van der Waals surface area contributed by atoms with E-state index in [1.54, 1.807) is 7.11 Å². The first-order chi connectivity index (χ1) is 11.5. The molecule has 0 aromatic heterocycles. The predicted molar refractivity (Wildman–Crippen MR) is 95.1 cm³/mol. The fourth-order valence-electron chi connectivity index (χ4n) is 4.16. The summed E-state index contributed by atoms with van der Waals surface area (Å²) >= 11 is 0. The normalized spacial score (nSPS) is 32.5. The molecule has 3 rings (SSSR count). The molecule has 2 saturated carbocycles. The van der Waals surface area contributed by atoms with Crippen LogP contribution in [-0.4, -0.2) is 19.2 Å². The molecule has 0 amide bonds. The van der Waals surface area contributed by atoms with E-state index in [0.717, 1.165) is 18.6 Å². The van der Waals surface area contributed by atoms with Gasteiger partial charge in [-0.1, -0.05) is 39.3 Å². The summed E-state index contributed by atoms with van der Waals surface area (Å²) in [7, 11) is 1.67. The zero-order valence-corrected chi connectivity index (χ0v) is 15.3. The Morgan fingerprint density at radius 1 is 1.12 bits per heavy atom. The van der Waals surface area contributed by atoms with Gasteiger partial charge in [-0.25, -0.2) is 0 Å². The van der Waals surface area contributed by atoms with Gasteiger partial charge in [0, 0.05) is 0 Å². The van der Waals surface area contributed by atoms with Crippen molar-refractivity contribution in [1.29, 1.82) is 0 Å². The van der Waals surface area contributed by atoms with E-state index in [1.165, 1.54) is 18.4 Å². The van der Waals surface area contributed by atoms with Crippen molar-refractivity contribution in [2.45, 2.75) is 58.5 Å². The smallest absolute Gasteiger partial charge is 0.309 e. The van der Waals surface area contributed by atoms with Gasteiger partial charge in [0.2, 0.25) is 0 Å². The number of carbonyl (C=O) groups excluding carboxylic acids is 1. The minimum absolute atomic E-state index is 0.0144. The maximum absolute atomic E-state index is 12.6. The van der Waals surface area contributed by atoms with Crippen LogP contribution in [0.1, 0.15) is 57.9 Å². The van der Waals surface area contributed by atoms with Crippen LogP contribution in [0.5, 0.6) is 5.75 Å². The number of hydrogen-bond acceptors (Lipinski definition) is 3. The quantitative estimate of drug-likeness (QED) is 0.727. The van der Waals surface area contributed by atoms with E-state index in [4.69, 9.17) is 9.47 Å². The summed E-state index contributed by atoms with van der Waals surface area (Å²) in [4.78, 5) is 12.6. The van der Waals surface area contributed by atoms with Gasteiger partial charge in [0.05, 0.1) is 13.0 Å². The van der Waals surface area contributed by atoms with Crippen molar-refractivity contribution in [2.75, 3.05) is 7.11 Å². The number of hydrogen-bond donors (Lipinski definition) is 0. The molecule has 24 heavy (non-hydrogen) atoms. The van der Waals surface area contributed by atoms with Gasteiger partial charge in [0.25, 0.3) is 0 Å². The Labute approximate surface area is 145 Å². The number of rotatable bonds is 5. The van der Waals surface area contributed by atoms with E-state index in [9.17, 15) is 4.79 Å². The number of carbonyl (C=O) groups is 1. The highest BCUT2D eigenvalue weighted by molar-refractivity contribution is 5.77. The van der Waals surface area contributed by atoms with Gasteiger partial charge >= 0.3 is 5.97 Å². The van der Waals surface area contributed by atoms with E-state index in [0.29, 0.717) is 23.7 Å². The van der Waals surface area contributed by atoms with Crippen molar-refractivity contribution in [3.05, 3.63) is 29.8 Å². The molecule has 3 nitrogen and oxygen atoms in total. The molecular formula is C21H30O3. The first-order valence-corrected chi connectivity index (χ1v) is 9.34. The van der Waals surface area contributed by atoms with Crippen molar-refractivity contribution < 1.29 is 14.3 Å². The highest BCUT2D eigenvalue weighted by atomic mass is 16.5. The van der Waals surface area contributed by atoms with Crippen molar-refractivity contribution in [2.24, 2.45) is 23.7 Å². The zero-order valence-electron chi connectivity index (χ0n) is 15.3. The molecule has 3 heteroatoms. The van der Waals surface area contributed by atoms with Gasteiger partial charge in [-0.05, 0) is 60.6 Å². The van der Waals surface area contributed by atoms with Gasteiger partial charge in [-0.2, -0.15) is 0 Å². The minimum Gasteiger partial charge on any atom is -0.497 e. The zero-order chi connectivity index (χ0) is 17.3. The summed E-state index contributed by atoms with van der Waals surface area (Å²) in [5.41, 5.74) is 1.22. The van der Waals surface area contributed by atoms with E-state index in [-0.39, 0.29) is 18.0 Å². The highest BCUT2D eigenvalue weighted by Gasteiger charge is 2.46. The fraction of sp³-hybridized carbons (Fsp3) is 0.667. The molecule has 2 fully saturated rings. The van der Waals surface area contributed by atoms with Crippen LogP contribution in [0, 0.1) is 23.7 Å². The van der Waals surface area contributed by atoms with Crippen LogP contribution < -0.4 is 4.74 Å². The average molecular weight is 330 g/mol. The maximum Gasteiger partial charge on any atom is 0.309 e. The molecule has 0 saturated heterocycles. The Morgan fingerprint density at radius 2 is 1.83 bits per heavy atom. The second-order valence-electron chi connectivity index (χ2n) is 8.02. The first kappa shape index (κ1) is 17.3. The van der Waals surface area contributed by atoms with E-state index in [2.05, 4.69) is 32.9 Å². The average Bonchev–Trinajstić information content (AvgIpc) is 3.35. The van der Waals surface area contributed by atoms with Gasteiger partial charge in [-0.3, -0.25) is 4.79 Å². The van der Waals surface area contributed by atoms with Gasteiger partial charge in [0.1, 0.15) is 11.9 Å². The van der Waals surface area contributed by atoms with E-state index in [1.807, 2.05) is 12.1 Å². The lowest BCUT2D eigenvalue weighted by atomic mass is 9.75. The summed E-state index contributed by atoms with van der Waals surface area (Å²) < 4.78 is 11.2. The second kappa shape index (κ2) is 7.16. The van der Waals surface area contributed by atoms with Gasteiger partial charge in [0.15, 0.2) is 0 Å². The third-order valence-electron chi connectivity index (χ3n) is 5.87. The molecule has 1 aromatic carbocycles. The Kier molecular flexibility index (Phi) is 5.17. The third-order valence-corrected chi connectivity index (χ3v) is 5.87. The summed E-state index contributed by atoms with van der Waals surface area (Å²) in [6.07, 6.45) is 4.49. The number of esters is 1. The van der Waals surface area contributed by atoms with Gasteiger partial charge < -0.3 is 9.47 Å². The lowest BCUT2D eigenvalue weighted by molar-refractivity contribution is -0.157. The van der Waals surface area contributed by atoms with Crippen LogP contribution in [0.2, 0.25) is 0 Å². The monoisotopic (exact) mass is 330 g/mol. The number of ether oxygens (including phenoxy) is 2. The molecule has 0 unspecified atom stereocenters. The molecule has 132 valence electrons. The molecule has 0 spiro atoms. The van der Waals surface area contributed by atoms with Crippen LogP contribution in [0.3, 0.4) is 0 Å². The van der Waals surface area contributed by atoms with Crippen molar-refractivity contribution >= 4 is 5.97 Å². The topological polar surface area (TPSA) is 35.5 Å². The standard InChI is InChI=1S/C21H30O3/c1-13(2)17-10-5-14(3)11-20(17)24-21(22)19-12-18(19)15-6-8-16(23-4)9-7-15/h6-9,13-14,17-20H,5,10-12H2,1-4H3/t14-,17+,18+,19-,20-/m0/s1. The minimum atomic E-state index is 0.0144. The largest absolute Gasteiger partial charge is 0.497 e. The summed E-state index contributed by atoms with van der Waals surface area (Å²) in [5.74, 6) is 2.99. The summed E-state index contributed by atoms with van der Waals surface area (Å²) in [5, 5.41) is 0. The second-order valence-corrected chi connectivity index (χ2v) is 8.02. The Bertz CT molecular complexity index is 563. The molecule has 1 aromatic rings. The van der Waals surface area contributed by atoms with Crippen LogP contribution in [0.4, 0.5) is 0 Å². The predicted octanol–water partition coefficient (Wildman–Crippen LogP) is 4.80. The third kappa shape index (κ3) is 3.76. The fourth-order valence-corrected chi connectivity index (χ4v) is 4.16. The van der Waals surface area contributed by atoms with Crippen molar-refractivity contribution in [1.82, 2.24) is 0 Å². The molecule has 5 atom stereocenters. The molecule has 0 N–H and O–H groups in total. The SMILES string of the molecule is COc1ccc([C@H]2C[C@@H]2C(=O)O[C@H]2C[C@@H](C)CC[C@@H]2C(C)C)cc1. The lowest BCUT2D eigenvalue weighted by Crippen LogP contribution is -2.36. The highest BCUT2D eigenvalue weighted by Crippen LogP contribution is 2.49. The molecule has 2 aliphatic carbocycles. The molecule has 0 radical (unpaired) electrons. The Hall–Kier alpha value is -1.51. The van der Waals surface area contributed by atoms with E-state index < -0.39 is 0 Å². The molecule has 0 aliphatic heterocycles. The Balaban J connectivity index is 1.58. The lowest BCUT2D eigenvalue weighted by Gasteiger charge is -2.36. The molecule has 2 aliphatic rings. The van der Waals surface area contributed by atoms with Crippen LogP contribution in [0.25, 0.3) is 0 Å². The van der Waals surface area contributed by atoms with E-state index >= 15 is 0 Å². The molecular weight excluding hydrogens is 300 g/mol. The molecule has 0 heterocycles. The summed E-state index contributed by atoms with van der Waals surface area (Å²) in [6, 6.07) is 8.06.